The zero-order chi connectivity index (χ0) is 16.0. The van der Waals surface area contributed by atoms with Crippen molar-refractivity contribution in [2.45, 2.75) is 58.7 Å². The van der Waals surface area contributed by atoms with Gasteiger partial charge in [0.15, 0.2) is 0 Å². The zero-order valence-electron chi connectivity index (χ0n) is 13.8. The zero-order valence-corrected chi connectivity index (χ0v) is 13.8. The fourth-order valence-electron chi connectivity index (χ4n) is 2.05. The highest BCUT2D eigenvalue weighted by Gasteiger charge is 2.25. The predicted molar refractivity (Wildman–Crippen MR) is 86.2 cm³/mol. The Labute approximate surface area is 128 Å². The van der Waals surface area contributed by atoms with Crippen LogP contribution >= 0.6 is 0 Å². The lowest BCUT2D eigenvalue weighted by atomic mass is 10.1. The summed E-state index contributed by atoms with van der Waals surface area (Å²) in [6.45, 7) is 10.0. The highest BCUT2D eigenvalue weighted by molar-refractivity contribution is 5.68. The lowest BCUT2D eigenvalue weighted by molar-refractivity contribution is 0.0178. The van der Waals surface area contributed by atoms with Crippen molar-refractivity contribution in [3.05, 3.63) is 35.9 Å². The molecule has 4 nitrogen and oxygen atoms in total. The molecule has 1 aromatic rings. The number of carbonyl (C=O) groups excluding carboxylic acids is 1. The fraction of sp³-hybridized carbons (Fsp3) is 0.588. The van der Waals surface area contributed by atoms with Gasteiger partial charge in [0.1, 0.15) is 5.60 Å². The van der Waals surface area contributed by atoms with Gasteiger partial charge in [0.25, 0.3) is 0 Å². The van der Waals surface area contributed by atoms with Crippen LogP contribution in [0.25, 0.3) is 0 Å². The molecule has 0 aliphatic rings. The van der Waals surface area contributed by atoms with E-state index in [1.165, 1.54) is 5.56 Å². The summed E-state index contributed by atoms with van der Waals surface area (Å²) in [6.07, 6.45) is 0.438. The number of amides is 1. The van der Waals surface area contributed by atoms with Crippen molar-refractivity contribution in [1.82, 2.24) is 4.90 Å². The van der Waals surface area contributed by atoms with Gasteiger partial charge in [0.2, 0.25) is 0 Å². The van der Waals surface area contributed by atoms with Gasteiger partial charge in [-0.2, -0.15) is 0 Å². The number of ether oxygens (including phenoxy) is 1. The molecule has 0 fully saturated rings. The van der Waals surface area contributed by atoms with Crippen LogP contribution in [0.3, 0.4) is 0 Å². The Kier molecular flexibility index (Phi) is 6.21. The molecule has 0 saturated carbocycles. The highest BCUT2D eigenvalue weighted by atomic mass is 16.6. The minimum atomic E-state index is -0.492. The Morgan fingerprint density at radius 2 is 1.81 bits per heavy atom. The third kappa shape index (κ3) is 6.63. The molecule has 0 aromatic heterocycles. The maximum absolute atomic E-state index is 12.2. The average molecular weight is 292 g/mol. The van der Waals surface area contributed by atoms with E-state index >= 15 is 0 Å². The van der Waals surface area contributed by atoms with Gasteiger partial charge in [-0.1, -0.05) is 30.3 Å². The summed E-state index contributed by atoms with van der Waals surface area (Å²) < 4.78 is 5.44. The predicted octanol–water partition coefficient (Wildman–Crippen LogP) is 3.20. The van der Waals surface area contributed by atoms with Gasteiger partial charge in [-0.25, -0.2) is 4.79 Å². The number of hydrogen-bond donors (Lipinski definition) is 1. The molecule has 0 aliphatic carbocycles. The topological polar surface area (TPSA) is 55.6 Å². The van der Waals surface area contributed by atoms with Crippen LogP contribution in [0.5, 0.6) is 0 Å². The molecule has 0 bridgehead atoms. The second-order valence-electron chi connectivity index (χ2n) is 6.68. The molecule has 2 N–H and O–H groups in total. The van der Waals surface area contributed by atoms with Gasteiger partial charge in [-0.15, -0.1) is 0 Å². The molecule has 21 heavy (non-hydrogen) atoms. The number of benzene rings is 1. The molecular weight excluding hydrogens is 264 g/mol. The van der Waals surface area contributed by atoms with Crippen molar-refractivity contribution in [2.24, 2.45) is 5.73 Å². The van der Waals surface area contributed by atoms with Gasteiger partial charge in [0, 0.05) is 18.6 Å². The van der Waals surface area contributed by atoms with Gasteiger partial charge in [-0.05, 0) is 46.6 Å². The first-order valence-electron chi connectivity index (χ1n) is 7.48. The molecule has 1 rings (SSSR count). The molecule has 0 unspecified atom stereocenters. The lowest BCUT2D eigenvalue weighted by Gasteiger charge is -2.32. The summed E-state index contributed by atoms with van der Waals surface area (Å²) in [6, 6.07) is 10.0. The number of nitrogens with zero attached hydrogens (tertiary/aromatic N) is 1. The number of hydrogen-bond acceptors (Lipinski definition) is 3. The fourth-order valence-corrected chi connectivity index (χ4v) is 2.05. The highest BCUT2D eigenvalue weighted by Crippen LogP contribution is 2.13. The molecular formula is C17H28N2O2. The molecule has 118 valence electrons. The standard InChI is InChI=1S/C17H28N2O2/c1-13(2)19(16(20)21-17(3,4)5)12-15(18)11-14-9-7-6-8-10-14/h6-10,13,15H,11-12,18H2,1-5H3/t15-/m0/s1. The molecule has 0 aliphatic heterocycles. The van der Waals surface area contributed by atoms with Crippen molar-refractivity contribution < 1.29 is 9.53 Å². The van der Waals surface area contributed by atoms with Crippen molar-refractivity contribution in [1.29, 1.82) is 0 Å². The second-order valence-corrected chi connectivity index (χ2v) is 6.68. The van der Waals surface area contributed by atoms with E-state index in [2.05, 4.69) is 0 Å². The van der Waals surface area contributed by atoms with E-state index in [-0.39, 0.29) is 18.2 Å². The lowest BCUT2D eigenvalue weighted by Crippen LogP contribution is -2.47. The Bertz CT molecular complexity index is 438. The monoisotopic (exact) mass is 292 g/mol. The summed E-state index contributed by atoms with van der Waals surface area (Å²) in [5.74, 6) is 0. The van der Waals surface area contributed by atoms with Gasteiger partial charge < -0.3 is 15.4 Å². The first-order chi connectivity index (χ1) is 9.69. The van der Waals surface area contributed by atoms with Crippen molar-refractivity contribution in [2.75, 3.05) is 6.54 Å². The third-order valence-corrected chi connectivity index (χ3v) is 3.02. The number of nitrogens with two attached hydrogens (primary N) is 1. The normalized spacial score (nSPS) is 13.1. The van der Waals surface area contributed by atoms with Crippen molar-refractivity contribution in [3.8, 4) is 0 Å². The van der Waals surface area contributed by atoms with E-state index < -0.39 is 5.60 Å². The van der Waals surface area contributed by atoms with Crippen LogP contribution in [-0.4, -0.2) is 35.2 Å². The Morgan fingerprint density at radius 3 is 2.29 bits per heavy atom. The van der Waals surface area contributed by atoms with Crippen LogP contribution in [0.2, 0.25) is 0 Å². The summed E-state index contributed by atoms with van der Waals surface area (Å²) in [4.78, 5) is 13.9. The minimum Gasteiger partial charge on any atom is -0.444 e. The quantitative estimate of drug-likeness (QED) is 0.906. The van der Waals surface area contributed by atoms with Gasteiger partial charge in [-0.3, -0.25) is 0 Å². The van der Waals surface area contributed by atoms with E-state index in [1.807, 2.05) is 65.0 Å². The molecule has 1 atom stereocenters. The summed E-state index contributed by atoms with van der Waals surface area (Å²) in [7, 11) is 0. The van der Waals surface area contributed by atoms with E-state index in [0.717, 1.165) is 6.42 Å². The molecule has 0 radical (unpaired) electrons. The SMILES string of the molecule is CC(C)N(C[C@@H](N)Cc1ccccc1)C(=O)OC(C)(C)C. The molecule has 0 saturated heterocycles. The maximum Gasteiger partial charge on any atom is 0.410 e. The van der Waals surface area contributed by atoms with Gasteiger partial charge in [0.05, 0.1) is 0 Å². The van der Waals surface area contributed by atoms with Crippen molar-refractivity contribution >= 4 is 6.09 Å². The molecule has 4 heteroatoms. The Balaban J connectivity index is 2.63. The molecule has 0 heterocycles. The molecule has 1 aromatic carbocycles. The summed E-state index contributed by atoms with van der Waals surface area (Å²) >= 11 is 0. The van der Waals surface area contributed by atoms with E-state index in [1.54, 1.807) is 4.90 Å². The van der Waals surface area contributed by atoms with Crippen LogP contribution in [0.15, 0.2) is 30.3 Å². The van der Waals surface area contributed by atoms with Crippen LogP contribution < -0.4 is 5.73 Å². The molecule has 0 spiro atoms. The Hall–Kier alpha value is -1.55. The summed E-state index contributed by atoms with van der Waals surface area (Å²) in [5.41, 5.74) is 6.88. The number of carbonyl (C=O) groups is 1. The minimum absolute atomic E-state index is 0.0571. The Morgan fingerprint density at radius 1 is 1.24 bits per heavy atom. The number of rotatable bonds is 5. The van der Waals surface area contributed by atoms with E-state index in [0.29, 0.717) is 6.54 Å². The van der Waals surface area contributed by atoms with Crippen LogP contribution in [0, 0.1) is 0 Å². The first kappa shape index (κ1) is 17.5. The van der Waals surface area contributed by atoms with Gasteiger partial charge >= 0.3 is 6.09 Å². The van der Waals surface area contributed by atoms with E-state index in [9.17, 15) is 4.79 Å². The van der Waals surface area contributed by atoms with E-state index in [4.69, 9.17) is 10.5 Å². The third-order valence-electron chi connectivity index (χ3n) is 3.02. The molecule has 1 amide bonds. The van der Waals surface area contributed by atoms with Crippen molar-refractivity contribution in [3.63, 3.8) is 0 Å². The largest absolute Gasteiger partial charge is 0.444 e. The first-order valence-corrected chi connectivity index (χ1v) is 7.48. The summed E-state index contributed by atoms with van der Waals surface area (Å²) in [5, 5.41) is 0. The maximum atomic E-state index is 12.2. The smallest absolute Gasteiger partial charge is 0.410 e. The van der Waals surface area contributed by atoms with Crippen LogP contribution in [0.4, 0.5) is 4.79 Å². The van der Waals surface area contributed by atoms with Crippen LogP contribution in [-0.2, 0) is 11.2 Å². The van der Waals surface area contributed by atoms with Crippen LogP contribution in [0.1, 0.15) is 40.2 Å². The average Bonchev–Trinajstić information content (AvgIpc) is 2.34. The second kappa shape index (κ2) is 7.46.